The van der Waals surface area contributed by atoms with Crippen molar-refractivity contribution in [2.45, 2.75) is 6.10 Å². The van der Waals surface area contributed by atoms with Gasteiger partial charge in [-0.3, -0.25) is 34.6 Å². The molecule has 0 radical (unpaired) electrons. The molecule has 0 spiro atoms. The van der Waals surface area contributed by atoms with Crippen molar-refractivity contribution < 1.29 is 33.8 Å². The fourth-order valence-corrected chi connectivity index (χ4v) is 4.30. The molecule has 41 heavy (non-hydrogen) atoms. The van der Waals surface area contributed by atoms with Gasteiger partial charge in [-0.25, -0.2) is 9.69 Å². The van der Waals surface area contributed by atoms with E-state index in [4.69, 9.17) is 4.74 Å². The van der Waals surface area contributed by atoms with E-state index in [0.717, 1.165) is 17.0 Å². The summed E-state index contributed by atoms with van der Waals surface area (Å²) in [6, 6.07) is 21.5. The second-order valence-electron chi connectivity index (χ2n) is 8.84. The second kappa shape index (κ2) is 10.6. The minimum absolute atomic E-state index is 0.0113. The summed E-state index contributed by atoms with van der Waals surface area (Å²) >= 11 is 0. The minimum Gasteiger partial charge on any atom is -0.445 e. The van der Waals surface area contributed by atoms with Gasteiger partial charge >= 0.3 is 5.97 Å². The molecule has 1 aliphatic heterocycles. The molecule has 12 nitrogen and oxygen atoms in total. The van der Waals surface area contributed by atoms with Crippen molar-refractivity contribution in [1.29, 1.82) is 0 Å². The molecule has 0 saturated carbocycles. The van der Waals surface area contributed by atoms with Crippen LogP contribution in [0.25, 0.3) is 0 Å². The highest BCUT2D eigenvalue weighted by Gasteiger charge is 2.38. The Bertz CT molecular complexity index is 1730. The Morgan fingerprint density at radius 1 is 0.683 bits per heavy atom. The van der Waals surface area contributed by atoms with Crippen LogP contribution in [0.1, 0.15) is 53.1 Å². The van der Waals surface area contributed by atoms with Gasteiger partial charge in [-0.2, -0.15) is 0 Å². The molecular weight excluding hydrogens is 534 g/mol. The van der Waals surface area contributed by atoms with Gasteiger partial charge in [-0.1, -0.05) is 30.3 Å². The van der Waals surface area contributed by atoms with Crippen LogP contribution in [0.2, 0.25) is 0 Å². The molecule has 12 heteroatoms. The highest BCUT2D eigenvalue weighted by molar-refractivity contribution is 6.34. The molecule has 2 amide bonds. The number of carbonyl (C=O) groups is 4. The molecule has 1 aliphatic rings. The summed E-state index contributed by atoms with van der Waals surface area (Å²) in [5, 5.41) is 22.0. The largest absolute Gasteiger partial charge is 0.445 e. The molecule has 1 heterocycles. The van der Waals surface area contributed by atoms with Crippen molar-refractivity contribution in [2.75, 3.05) is 4.90 Å². The number of nitrogens with zero attached hydrogens (tertiary/aromatic N) is 3. The Kier molecular flexibility index (Phi) is 6.88. The van der Waals surface area contributed by atoms with Gasteiger partial charge in [0.15, 0.2) is 6.10 Å². The van der Waals surface area contributed by atoms with Crippen LogP contribution < -0.4 is 4.90 Å². The van der Waals surface area contributed by atoms with E-state index in [-0.39, 0.29) is 44.9 Å². The van der Waals surface area contributed by atoms with Crippen molar-refractivity contribution in [3.8, 4) is 0 Å². The number of carbonyl (C=O) groups excluding carboxylic acids is 4. The summed E-state index contributed by atoms with van der Waals surface area (Å²) in [6.45, 7) is 0. The maximum absolute atomic E-state index is 13.3. The maximum Gasteiger partial charge on any atom is 0.339 e. The smallest absolute Gasteiger partial charge is 0.339 e. The molecule has 5 rings (SSSR count). The lowest BCUT2D eigenvalue weighted by atomic mass is 9.99. The van der Waals surface area contributed by atoms with Gasteiger partial charge in [0.25, 0.3) is 23.2 Å². The van der Waals surface area contributed by atoms with E-state index in [0.29, 0.717) is 0 Å². The van der Waals surface area contributed by atoms with Crippen molar-refractivity contribution in [1.82, 2.24) is 0 Å². The number of Topliss-reactive ketones (excluding diaryl/α,β-unsaturated/α-hetero) is 1. The topological polar surface area (TPSA) is 167 Å². The predicted octanol–water partition coefficient (Wildman–Crippen LogP) is 5.08. The van der Waals surface area contributed by atoms with E-state index in [1.807, 2.05) is 0 Å². The highest BCUT2D eigenvalue weighted by Crippen LogP contribution is 2.31. The zero-order valence-corrected chi connectivity index (χ0v) is 20.8. The third kappa shape index (κ3) is 5.04. The Morgan fingerprint density at radius 3 is 1.83 bits per heavy atom. The summed E-state index contributed by atoms with van der Waals surface area (Å²) in [4.78, 5) is 74.3. The first-order valence-corrected chi connectivity index (χ1v) is 12.0. The van der Waals surface area contributed by atoms with E-state index in [9.17, 15) is 39.4 Å². The van der Waals surface area contributed by atoms with Crippen molar-refractivity contribution >= 4 is 40.6 Å². The van der Waals surface area contributed by atoms with E-state index in [1.54, 1.807) is 18.2 Å². The number of benzene rings is 4. The number of hydrogen-bond acceptors (Lipinski definition) is 9. The quantitative estimate of drug-likeness (QED) is 0.0953. The molecule has 1 atom stereocenters. The average molecular weight is 551 g/mol. The summed E-state index contributed by atoms with van der Waals surface area (Å²) < 4.78 is 5.58. The van der Waals surface area contributed by atoms with Crippen molar-refractivity contribution in [3.63, 3.8) is 0 Å². The van der Waals surface area contributed by atoms with Gasteiger partial charge in [-0.15, -0.1) is 0 Å². The van der Waals surface area contributed by atoms with Crippen LogP contribution in [0.3, 0.4) is 0 Å². The molecule has 0 aromatic heterocycles. The summed E-state index contributed by atoms with van der Waals surface area (Å²) in [6.07, 6.45) is -1.46. The van der Waals surface area contributed by atoms with Crippen LogP contribution in [0.15, 0.2) is 97.1 Å². The van der Waals surface area contributed by atoms with Crippen LogP contribution in [0.4, 0.5) is 17.1 Å². The molecule has 0 saturated heterocycles. The van der Waals surface area contributed by atoms with Gasteiger partial charge in [0.1, 0.15) is 0 Å². The summed E-state index contributed by atoms with van der Waals surface area (Å²) in [5.41, 5.74) is -0.109. The van der Waals surface area contributed by atoms with Crippen LogP contribution in [0, 0.1) is 20.2 Å². The first-order chi connectivity index (χ1) is 19.7. The zero-order valence-electron chi connectivity index (χ0n) is 20.8. The van der Waals surface area contributed by atoms with Crippen molar-refractivity contribution in [3.05, 3.63) is 145 Å². The lowest BCUT2D eigenvalue weighted by Crippen LogP contribution is -2.29. The van der Waals surface area contributed by atoms with Crippen molar-refractivity contribution in [2.24, 2.45) is 0 Å². The van der Waals surface area contributed by atoms with Gasteiger partial charge in [0.2, 0.25) is 5.78 Å². The number of nitro benzene ring substituents is 2. The number of esters is 1. The third-order valence-electron chi connectivity index (χ3n) is 6.37. The van der Waals surface area contributed by atoms with E-state index < -0.39 is 39.5 Å². The van der Waals surface area contributed by atoms with Gasteiger partial charge in [0, 0.05) is 35.4 Å². The fraction of sp³-hybridized carbons (Fsp3) is 0.0345. The number of amides is 2. The number of nitro groups is 2. The lowest BCUT2D eigenvalue weighted by molar-refractivity contribution is -0.385. The van der Waals surface area contributed by atoms with E-state index in [1.165, 1.54) is 66.7 Å². The SMILES string of the molecule is O=C(O[C@@H](C(=O)c1ccccc1)c1ccc([N+](=O)[O-])cc1)c1ccc2c(c1)C(=O)N(c1ccc([N+](=O)[O-])cc1)C2=O. The molecule has 4 aromatic rings. The maximum atomic E-state index is 13.3. The molecule has 202 valence electrons. The number of ketones is 1. The van der Waals surface area contributed by atoms with Crippen LogP contribution in [-0.2, 0) is 4.74 Å². The number of non-ortho nitro benzene ring substituents is 2. The minimum atomic E-state index is -1.46. The number of anilines is 1. The molecule has 0 aliphatic carbocycles. The number of fused-ring (bicyclic) bond motifs is 1. The molecule has 4 aromatic carbocycles. The normalized spacial score (nSPS) is 12.9. The Balaban J connectivity index is 1.44. The molecule has 0 bridgehead atoms. The monoisotopic (exact) mass is 551 g/mol. The van der Waals surface area contributed by atoms with Gasteiger partial charge in [-0.05, 0) is 42.5 Å². The summed E-state index contributed by atoms with van der Waals surface area (Å²) in [7, 11) is 0. The second-order valence-corrected chi connectivity index (χ2v) is 8.84. The van der Waals surface area contributed by atoms with Crippen LogP contribution in [-0.4, -0.2) is 33.4 Å². The molecule has 0 N–H and O–H groups in total. The third-order valence-corrected chi connectivity index (χ3v) is 6.37. The summed E-state index contributed by atoms with van der Waals surface area (Å²) in [5.74, 6) is -2.98. The predicted molar refractivity (Wildman–Crippen MR) is 143 cm³/mol. The lowest BCUT2D eigenvalue weighted by Gasteiger charge is -2.17. The van der Waals surface area contributed by atoms with Gasteiger partial charge < -0.3 is 4.74 Å². The Morgan fingerprint density at radius 2 is 1.24 bits per heavy atom. The van der Waals surface area contributed by atoms with E-state index >= 15 is 0 Å². The average Bonchev–Trinajstić information content (AvgIpc) is 3.24. The number of hydrogen-bond donors (Lipinski definition) is 0. The fourth-order valence-electron chi connectivity index (χ4n) is 4.30. The first kappa shape index (κ1) is 26.6. The number of ether oxygens (including phenoxy) is 1. The number of rotatable bonds is 8. The molecule has 0 fully saturated rings. The zero-order chi connectivity index (χ0) is 29.3. The highest BCUT2D eigenvalue weighted by atomic mass is 16.6. The Labute approximate surface area is 230 Å². The van der Waals surface area contributed by atoms with Gasteiger partial charge in [0.05, 0.1) is 32.2 Å². The molecular formula is C29H17N3O9. The Hall–Kier alpha value is -6.04. The molecule has 0 unspecified atom stereocenters. The standard InChI is InChI=1S/C29H17N3O9/c33-25(17-4-2-1-3-5-17)26(18-6-9-21(10-7-18)31(37)38)41-29(36)19-8-15-23-24(16-19)28(35)30(27(23)34)20-11-13-22(14-12-20)32(39)40/h1-16,26H/t26-/m1/s1. The van der Waals surface area contributed by atoms with Crippen LogP contribution >= 0.6 is 0 Å². The van der Waals surface area contributed by atoms with E-state index in [2.05, 4.69) is 0 Å². The first-order valence-electron chi connectivity index (χ1n) is 12.0. The van der Waals surface area contributed by atoms with Crippen LogP contribution in [0.5, 0.6) is 0 Å². The number of imide groups is 1.